The molecule has 3 N–H and O–H groups in total. The molecule has 0 radical (unpaired) electrons. The topological polar surface area (TPSA) is 74.5 Å². The first-order valence-electron chi connectivity index (χ1n) is 8.53. The number of hydrogen-bond acceptors (Lipinski definition) is 3. The second-order valence-corrected chi connectivity index (χ2v) is 6.40. The van der Waals surface area contributed by atoms with E-state index in [-0.39, 0.29) is 18.2 Å². The average molecular weight is 328 g/mol. The summed E-state index contributed by atoms with van der Waals surface area (Å²) in [5, 5.41) is 15.6. The van der Waals surface area contributed by atoms with Crippen LogP contribution in [0.4, 0.5) is 4.79 Å². The Morgan fingerprint density at radius 2 is 2.04 bits per heavy atom. The van der Waals surface area contributed by atoms with Crippen LogP contribution in [0.5, 0.6) is 0 Å². The van der Waals surface area contributed by atoms with E-state index in [0.717, 1.165) is 31.2 Å². The highest BCUT2D eigenvalue weighted by molar-refractivity contribution is 5.74. The maximum atomic E-state index is 12.3. The summed E-state index contributed by atoms with van der Waals surface area (Å²) in [7, 11) is 0. The van der Waals surface area contributed by atoms with Crippen LogP contribution >= 0.6 is 0 Å². The molecule has 5 nitrogen and oxygen atoms in total. The van der Waals surface area contributed by atoms with Crippen molar-refractivity contribution in [3.63, 3.8) is 0 Å². The molecule has 1 saturated carbocycles. The molecule has 1 aliphatic rings. The zero-order valence-electron chi connectivity index (χ0n) is 13.7. The van der Waals surface area contributed by atoms with Crippen molar-refractivity contribution in [1.82, 2.24) is 10.6 Å². The quantitative estimate of drug-likeness (QED) is 0.789. The molecule has 5 heteroatoms. The van der Waals surface area contributed by atoms with Gasteiger partial charge in [-0.3, -0.25) is 0 Å². The summed E-state index contributed by atoms with van der Waals surface area (Å²) in [5.41, 5.74) is 0.968. The van der Waals surface area contributed by atoms with Crippen LogP contribution in [-0.4, -0.2) is 23.8 Å². The van der Waals surface area contributed by atoms with E-state index in [1.165, 1.54) is 0 Å². The molecular formula is C19H24N2O3. The highest BCUT2D eigenvalue weighted by Crippen LogP contribution is 2.24. The molecule has 1 fully saturated rings. The van der Waals surface area contributed by atoms with Gasteiger partial charge in [0.25, 0.3) is 0 Å². The maximum Gasteiger partial charge on any atom is 0.315 e. The standard InChI is InChI=1S/C19H24N2O3/c22-16-9-4-6-14(12-16)13-20-19(23)21-18(17-10-5-11-24-17)15-7-2-1-3-8-15/h1-3,5,7-8,10-11,14,16,18,22H,4,6,9,12-13H2,(H2,20,21,23). The van der Waals surface area contributed by atoms with Crippen molar-refractivity contribution in [2.75, 3.05) is 6.54 Å². The Balaban J connectivity index is 1.59. The maximum absolute atomic E-state index is 12.3. The van der Waals surface area contributed by atoms with Crippen LogP contribution in [0, 0.1) is 5.92 Å². The van der Waals surface area contributed by atoms with E-state index in [0.29, 0.717) is 18.2 Å². The van der Waals surface area contributed by atoms with E-state index in [4.69, 9.17) is 4.42 Å². The van der Waals surface area contributed by atoms with Gasteiger partial charge in [0.1, 0.15) is 11.8 Å². The lowest BCUT2D eigenvalue weighted by atomic mass is 9.87. The minimum atomic E-state index is -0.321. The molecule has 24 heavy (non-hydrogen) atoms. The van der Waals surface area contributed by atoms with E-state index in [9.17, 15) is 9.90 Å². The largest absolute Gasteiger partial charge is 0.467 e. The van der Waals surface area contributed by atoms with Gasteiger partial charge in [-0.15, -0.1) is 0 Å². The van der Waals surface area contributed by atoms with Crippen molar-refractivity contribution in [1.29, 1.82) is 0 Å². The smallest absolute Gasteiger partial charge is 0.315 e. The Bertz CT molecular complexity index is 627. The fourth-order valence-electron chi connectivity index (χ4n) is 3.29. The first-order chi connectivity index (χ1) is 11.7. The highest BCUT2D eigenvalue weighted by Gasteiger charge is 2.22. The Morgan fingerprint density at radius 3 is 2.75 bits per heavy atom. The number of aliphatic hydroxyl groups is 1. The molecule has 1 aromatic heterocycles. The van der Waals surface area contributed by atoms with Crippen LogP contribution in [-0.2, 0) is 0 Å². The number of nitrogens with one attached hydrogen (secondary N) is 2. The summed E-state index contributed by atoms with van der Waals surface area (Å²) < 4.78 is 5.48. The molecular weight excluding hydrogens is 304 g/mol. The summed E-state index contributed by atoms with van der Waals surface area (Å²) >= 11 is 0. The fraction of sp³-hybridized carbons (Fsp3) is 0.421. The summed E-state index contributed by atoms with van der Waals surface area (Å²) in [6.07, 6.45) is 5.09. The van der Waals surface area contributed by atoms with E-state index in [1.54, 1.807) is 6.26 Å². The van der Waals surface area contributed by atoms with Crippen LogP contribution in [0.15, 0.2) is 53.1 Å². The fourth-order valence-corrected chi connectivity index (χ4v) is 3.29. The summed E-state index contributed by atoms with van der Waals surface area (Å²) in [4.78, 5) is 12.3. The van der Waals surface area contributed by atoms with E-state index in [1.807, 2.05) is 42.5 Å². The number of furan rings is 1. The van der Waals surface area contributed by atoms with Crippen molar-refractivity contribution in [2.45, 2.75) is 37.8 Å². The number of urea groups is 1. The SMILES string of the molecule is O=C(NCC1CCCC(O)C1)NC(c1ccccc1)c1ccco1. The van der Waals surface area contributed by atoms with Crippen LogP contribution in [0.1, 0.15) is 43.0 Å². The van der Waals surface area contributed by atoms with Crippen molar-refractivity contribution in [3.05, 3.63) is 60.1 Å². The van der Waals surface area contributed by atoms with Gasteiger partial charge < -0.3 is 20.2 Å². The number of carbonyl (C=O) groups excluding carboxylic acids is 1. The first kappa shape index (κ1) is 16.6. The molecule has 3 atom stereocenters. The second-order valence-electron chi connectivity index (χ2n) is 6.40. The third kappa shape index (κ3) is 4.38. The molecule has 3 rings (SSSR count). The lowest BCUT2D eigenvalue weighted by Crippen LogP contribution is -2.41. The van der Waals surface area contributed by atoms with Crippen molar-refractivity contribution in [2.24, 2.45) is 5.92 Å². The molecule has 1 aliphatic carbocycles. The minimum Gasteiger partial charge on any atom is -0.467 e. The lowest BCUT2D eigenvalue weighted by Gasteiger charge is -2.26. The van der Waals surface area contributed by atoms with Gasteiger partial charge >= 0.3 is 6.03 Å². The first-order valence-corrected chi connectivity index (χ1v) is 8.53. The number of hydrogen-bond donors (Lipinski definition) is 3. The molecule has 0 saturated heterocycles. The number of rotatable bonds is 5. The van der Waals surface area contributed by atoms with Crippen molar-refractivity contribution in [3.8, 4) is 0 Å². The number of benzene rings is 1. The van der Waals surface area contributed by atoms with Gasteiger partial charge in [0.15, 0.2) is 0 Å². The van der Waals surface area contributed by atoms with E-state index >= 15 is 0 Å². The predicted molar refractivity (Wildman–Crippen MR) is 91.5 cm³/mol. The summed E-state index contributed by atoms with van der Waals surface area (Å²) in [5.74, 6) is 1.04. The molecule has 0 bridgehead atoms. The van der Waals surface area contributed by atoms with Crippen LogP contribution in [0.3, 0.4) is 0 Å². The van der Waals surface area contributed by atoms with Crippen LogP contribution in [0.2, 0.25) is 0 Å². The molecule has 1 heterocycles. The summed E-state index contributed by atoms with van der Waals surface area (Å²) in [6, 6.07) is 12.9. The zero-order valence-corrected chi connectivity index (χ0v) is 13.7. The lowest BCUT2D eigenvalue weighted by molar-refractivity contribution is 0.101. The predicted octanol–water partition coefficient (Wildman–Crippen LogP) is 3.22. The van der Waals surface area contributed by atoms with Gasteiger partial charge in [-0.25, -0.2) is 4.79 Å². The van der Waals surface area contributed by atoms with Gasteiger partial charge in [-0.2, -0.15) is 0 Å². The Labute approximate surface area is 142 Å². The summed E-state index contributed by atoms with van der Waals surface area (Å²) in [6.45, 7) is 0.586. The molecule has 2 aromatic rings. The Morgan fingerprint density at radius 1 is 1.21 bits per heavy atom. The monoisotopic (exact) mass is 328 g/mol. The Kier molecular flexibility index (Phi) is 5.54. The molecule has 0 aliphatic heterocycles. The third-order valence-corrected chi connectivity index (χ3v) is 4.54. The second kappa shape index (κ2) is 8.02. The molecule has 0 spiro atoms. The zero-order chi connectivity index (χ0) is 16.8. The normalized spacial score (nSPS) is 21.9. The van der Waals surface area contributed by atoms with Gasteiger partial charge in [0.2, 0.25) is 0 Å². The van der Waals surface area contributed by atoms with Gasteiger partial charge in [0.05, 0.1) is 12.4 Å². The molecule has 128 valence electrons. The van der Waals surface area contributed by atoms with Gasteiger partial charge in [-0.1, -0.05) is 36.8 Å². The number of amides is 2. The minimum absolute atomic E-state index is 0.222. The highest BCUT2D eigenvalue weighted by atomic mass is 16.3. The molecule has 2 amide bonds. The molecule has 3 unspecified atom stereocenters. The van der Waals surface area contributed by atoms with Crippen molar-refractivity contribution >= 4 is 6.03 Å². The molecule has 1 aromatic carbocycles. The average Bonchev–Trinajstić information content (AvgIpc) is 3.13. The van der Waals surface area contributed by atoms with Gasteiger partial charge in [-0.05, 0) is 42.9 Å². The van der Waals surface area contributed by atoms with Crippen LogP contribution < -0.4 is 10.6 Å². The van der Waals surface area contributed by atoms with E-state index < -0.39 is 0 Å². The van der Waals surface area contributed by atoms with Gasteiger partial charge in [0, 0.05) is 6.54 Å². The Hall–Kier alpha value is -2.27. The number of carbonyl (C=O) groups is 1. The number of aliphatic hydroxyl groups excluding tert-OH is 1. The van der Waals surface area contributed by atoms with Crippen LogP contribution in [0.25, 0.3) is 0 Å². The third-order valence-electron chi connectivity index (χ3n) is 4.54. The van der Waals surface area contributed by atoms with Crippen molar-refractivity contribution < 1.29 is 14.3 Å². The van der Waals surface area contributed by atoms with E-state index in [2.05, 4.69) is 10.6 Å².